The molecule has 1 atom stereocenters. The molecule has 7 heteroatoms. The molecule has 0 aromatic heterocycles. The molecule has 19 heavy (non-hydrogen) atoms. The number of nitrogens with one attached hydrogen (secondary N) is 1. The maximum Gasteiger partial charge on any atom is 0.417 e. The Bertz CT molecular complexity index is 523. The smallest absolute Gasteiger partial charge is 0.325 e. The molecule has 0 aliphatic heterocycles. The first kappa shape index (κ1) is 15.5. The van der Waals surface area contributed by atoms with Gasteiger partial charge in [-0.3, -0.25) is 4.79 Å². The van der Waals surface area contributed by atoms with Crippen LogP contribution >= 0.6 is 15.9 Å². The lowest BCUT2D eigenvalue weighted by Gasteiger charge is -2.13. The molecular formula is C12H10BrF3N2O. The summed E-state index contributed by atoms with van der Waals surface area (Å²) in [6.07, 6.45) is -4.22. The first-order valence-electron chi connectivity index (χ1n) is 5.36. The van der Waals surface area contributed by atoms with Crippen molar-refractivity contribution in [2.45, 2.75) is 19.5 Å². The number of hydrogen-bond acceptors (Lipinski definition) is 2. The molecule has 102 valence electrons. The highest BCUT2D eigenvalue weighted by molar-refractivity contribution is 9.10. The number of carbonyl (C=O) groups is 1. The lowest BCUT2D eigenvalue weighted by atomic mass is 10.1. The first-order valence-corrected chi connectivity index (χ1v) is 6.16. The van der Waals surface area contributed by atoms with Crippen molar-refractivity contribution in [1.82, 2.24) is 0 Å². The Kier molecular flexibility index (Phi) is 4.95. The fourth-order valence-electron chi connectivity index (χ4n) is 1.38. The third kappa shape index (κ3) is 3.96. The average molecular weight is 335 g/mol. The van der Waals surface area contributed by atoms with Crippen LogP contribution in [0.1, 0.15) is 18.9 Å². The summed E-state index contributed by atoms with van der Waals surface area (Å²) >= 11 is 2.80. The summed E-state index contributed by atoms with van der Waals surface area (Å²) in [6, 6.07) is 5.14. The second-order valence-electron chi connectivity index (χ2n) is 3.77. The van der Waals surface area contributed by atoms with E-state index in [-0.39, 0.29) is 10.2 Å². The average Bonchev–Trinajstić information content (AvgIpc) is 2.31. The molecule has 0 heterocycles. The van der Waals surface area contributed by atoms with Crippen LogP contribution in [-0.2, 0) is 11.0 Å². The largest absolute Gasteiger partial charge is 0.417 e. The van der Waals surface area contributed by atoms with Crippen molar-refractivity contribution >= 4 is 27.5 Å². The molecule has 0 spiro atoms. The second-order valence-corrected chi connectivity index (χ2v) is 4.63. The summed E-state index contributed by atoms with van der Waals surface area (Å²) in [5.74, 6) is -1.49. The van der Waals surface area contributed by atoms with Crippen LogP contribution in [0, 0.1) is 17.2 Å². The second kappa shape index (κ2) is 6.06. The van der Waals surface area contributed by atoms with Gasteiger partial charge in [-0.1, -0.05) is 22.9 Å². The van der Waals surface area contributed by atoms with Gasteiger partial charge < -0.3 is 5.32 Å². The molecule has 0 saturated carbocycles. The predicted octanol–water partition coefficient (Wildman–Crippen LogP) is 3.96. The van der Waals surface area contributed by atoms with Gasteiger partial charge in [-0.25, -0.2) is 0 Å². The Labute approximate surface area is 116 Å². The van der Waals surface area contributed by atoms with Gasteiger partial charge in [0.2, 0.25) is 5.91 Å². The number of nitrogens with zero attached hydrogens (tertiary/aromatic N) is 1. The van der Waals surface area contributed by atoms with Crippen molar-refractivity contribution in [2.75, 3.05) is 5.32 Å². The van der Waals surface area contributed by atoms with Crippen LogP contribution in [0.2, 0.25) is 0 Å². The van der Waals surface area contributed by atoms with E-state index in [9.17, 15) is 18.0 Å². The van der Waals surface area contributed by atoms with Crippen LogP contribution < -0.4 is 5.32 Å². The maximum atomic E-state index is 12.7. The summed E-state index contributed by atoms with van der Waals surface area (Å²) in [6.45, 7) is 1.65. The van der Waals surface area contributed by atoms with Gasteiger partial charge >= 0.3 is 6.18 Å². The van der Waals surface area contributed by atoms with Crippen molar-refractivity contribution in [3.63, 3.8) is 0 Å². The molecule has 3 nitrogen and oxygen atoms in total. The molecule has 1 aromatic rings. The van der Waals surface area contributed by atoms with Crippen LogP contribution in [0.5, 0.6) is 0 Å². The number of anilines is 1. The van der Waals surface area contributed by atoms with Crippen molar-refractivity contribution in [3.05, 3.63) is 28.2 Å². The van der Waals surface area contributed by atoms with Gasteiger partial charge in [0.15, 0.2) is 0 Å². The zero-order valence-electron chi connectivity index (χ0n) is 9.88. The third-order valence-corrected chi connectivity index (χ3v) is 3.11. The molecule has 1 rings (SSSR count). The quantitative estimate of drug-likeness (QED) is 0.909. The van der Waals surface area contributed by atoms with E-state index in [4.69, 9.17) is 5.26 Å². The minimum absolute atomic E-state index is 0.00854. The van der Waals surface area contributed by atoms with Crippen LogP contribution in [-0.4, -0.2) is 5.91 Å². The standard InChI is InChI=1S/C12H10BrF3N2O/c1-2-7(6-17)11(19)18-8-3-4-10(13)9(5-8)12(14,15)16/h3-5,7H,2H2,1H3,(H,18,19). The molecule has 0 aliphatic rings. The van der Waals surface area contributed by atoms with E-state index < -0.39 is 23.6 Å². The van der Waals surface area contributed by atoms with Crippen molar-refractivity contribution in [1.29, 1.82) is 5.26 Å². The number of hydrogen-bond donors (Lipinski definition) is 1. The highest BCUT2D eigenvalue weighted by atomic mass is 79.9. The molecule has 0 fully saturated rings. The van der Waals surface area contributed by atoms with Gasteiger partial charge in [0.1, 0.15) is 5.92 Å². The van der Waals surface area contributed by atoms with Crippen LogP contribution in [0.3, 0.4) is 0 Å². The van der Waals surface area contributed by atoms with Crippen molar-refractivity contribution < 1.29 is 18.0 Å². The molecule has 1 N–H and O–H groups in total. The fourth-order valence-corrected chi connectivity index (χ4v) is 1.86. The molecule has 0 radical (unpaired) electrons. The topological polar surface area (TPSA) is 52.9 Å². The molecule has 1 aromatic carbocycles. The SMILES string of the molecule is CCC(C#N)C(=O)Nc1ccc(Br)c(C(F)(F)F)c1. The first-order chi connectivity index (χ1) is 8.79. The zero-order valence-corrected chi connectivity index (χ0v) is 11.5. The summed E-state index contributed by atoms with van der Waals surface area (Å²) in [5, 5.41) is 11.0. The van der Waals surface area contributed by atoms with Crippen LogP contribution in [0.4, 0.5) is 18.9 Å². The molecule has 0 bridgehead atoms. The summed E-state index contributed by atoms with van der Waals surface area (Å²) in [7, 11) is 0. The molecular weight excluding hydrogens is 325 g/mol. The van der Waals surface area contributed by atoms with Gasteiger partial charge in [-0.05, 0) is 24.6 Å². The normalized spacial score (nSPS) is 12.6. The number of benzene rings is 1. The molecule has 0 saturated heterocycles. The van der Waals surface area contributed by atoms with Gasteiger partial charge in [0.05, 0.1) is 11.6 Å². The number of alkyl halides is 3. The van der Waals surface area contributed by atoms with Gasteiger partial charge in [-0.2, -0.15) is 18.4 Å². The summed E-state index contributed by atoms with van der Waals surface area (Å²) < 4.78 is 37.9. The van der Waals surface area contributed by atoms with Crippen molar-refractivity contribution in [3.8, 4) is 6.07 Å². The number of rotatable bonds is 3. The van der Waals surface area contributed by atoms with E-state index in [1.165, 1.54) is 12.1 Å². The summed E-state index contributed by atoms with van der Waals surface area (Å²) in [5.41, 5.74) is -0.871. The fraction of sp³-hybridized carbons (Fsp3) is 0.333. The molecule has 0 aliphatic carbocycles. The lowest BCUT2D eigenvalue weighted by Crippen LogP contribution is -2.21. The molecule has 1 unspecified atom stereocenters. The minimum Gasteiger partial charge on any atom is -0.325 e. The Morgan fingerprint density at radius 2 is 2.16 bits per heavy atom. The molecule has 1 amide bonds. The number of halogens is 4. The predicted molar refractivity (Wildman–Crippen MR) is 67.2 cm³/mol. The zero-order chi connectivity index (χ0) is 14.6. The highest BCUT2D eigenvalue weighted by Gasteiger charge is 2.33. The number of amides is 1. The highest BCUT2D eigenvalue weighted by Crippen LogP contribution is 2.36. The van der Waals surface area contributed by atoms with E-state index in [0.717, 1.165) is 6.07 Å². The van der Waals surface area contributed by atoms with Gasteiger partial charge in [0, 0.05) is 10.2 Å². The maximum absolute atomic E-state index is 12.7. The third-order valence-electron chi connectivity index (χ3n) is 2.42. The van der Waals surface area contributed by atoms with Crippen LogP contribution in [0.25, 0.3) is 0 Å². The van der Waals surface area contributed by atoms with Gasteiger partial charge in [-0.15, -0.1) is 0 Å². The van der Waals surface area contributed by atoms with Crippen LogP contribution in [0.15, 0.2) is 22.7 Å². The van der Waals surface area contributed by atoms with Crippen molar-refractivity contribution in [2.24, 2.45) is 5.92 Å². The number of nitriles is 1. The van der Waals surface area contributed by atoms with Gasteiger partial charge in [0.25, 0.3) is 0 Å². The number of carbonyl (C=O) groups excluding carboxylic acids is 1. The summed E-state index contributed by atoms with van der Waals surface area (Å²) in [4.78, 5) is 11.6. The monoisotopic (exact) mass is 334 g/mol. The van der Waals surface area contributed by atoms with E-state index in [2.05, 4.69) is 21.2 Å². The van der Waals surface area contributed by atoms with E-state index in [0.29, 0.717) is 6.42 Å². The Morgan fingerprint density at radius 3 is 2.63 bits per heavy atom. The Hall–Kier alpha value is -1.55. The Balaban J connectivity index is 2.99. The lowest BCUT2D eigenvalue weighted by molar-refractivity contribution is -0.138. The Morgan fingerprint density at radius 1 is 1.53 bits per heavy atom. The van der Waals surface area contributed by atoms with E-state index in [1.807, 2.05) is 0 Å². The van der Waals surface area contributed by atoms with E-state index in [1.54, 1.807) is 13.0 Å². The van der Waals surface area contributed by atoms with E-state index >= 15 is 0 Å². The minimum atomic E-state index is -4.51.